The monoisotopic (exact) mass is 452 g/mol. The van der Waals surface area contributed by atoms with Crippen molar-refractivity contribution in [2.45, 2.75) is 57.7 Å². The number of phenolic OH excluding ortho intramolecular Hbond substituents is 1. The molecule has 4 N–H and O–H groups in total. The highest BCUT2D eigenvalue weighted by molar-refractivity contribution is 5.72. The van der Waals surface area contributed by atoms with E-state index in [0.717, 1.165) is 18.7 Å². The zero-order valence-electron chi connectivity index (χ0n) is 19.5. The van der Waals surface area contributed by atoms with Crippen LogP contribution in [0.5, 0.6) is 5.75 Å². The van der Waals surface area contributed by atoms with E-state index < -0.39 is 0 Å². The van der Waals surface area contributed by atoms with Crippen molar-refractivity contribution in [3.05, 3.63) is 41.4 Å². The highest BCUT2D eigenvalue weighted by Gasteiger charge is 2.39. The van der Waals surface area contributed by atoms with E-state index in [1.54, 1.807) is 12.1 Å². The summed E-state index contributed by atoms with van der Waals surface area (Å²) < 4.78 is 0. The van der Waals surface area contributed by atoms with Crippen LogP contribution >= 0.6 is 0 Å². The van der Waals surface area contributed by atoms with Crippen LogP contribution in [0.4, 0.5) is 11.6 Å². The third kappa shape index (κ3) is 4.80. The number of anilines is 1. The Bertz CT molecular complexity index is 1160. The van der Waals surface area contributed by atoms with Gasteiger partial charge in [0.25, 0.3) is 5.82 Å². The molecule has 1 saturated heterocycles. The summed E-state index contributed by atoms with van der Waals surface area (Å²) in [6.45, 7) is 8.89. The fraction of sp³-hybridized carbons (Fsp3) is 0.435. The SMILES string of the molecule is CN(c1ccc(-c2ccc(-c3nc([N+](=O)O)c[nH]3)cc2O)nn1)C1CC(C)(C)NC(C)(C)C1. The number of H-pyrrole nitrogens is 1. The Labute approximate surface area is 192 Å². The van der Waals surface area contributed by atoms with Gasteiger partial charge in [0.1, 0.15) is 11.9 Å². The average Bonchev–Trinajstić information content (AvgIpc) is 3.22. The van der Waals surface area contributed by atoms with Crippen molar-refractivity contribution in [3.8, 4) is 28.4 Å². The summed E-state index contributed by atoms with van der Waals surface area (Å²) in [6.07, 6.45) is 3.26. The molecule has 3 aromatic rings. The van der Waals surface area contributed by atoms with E-state index in [4.69, 9.17) is 5.21 Å². The van der Waals surface area contributed by atoms with Crippen molar-refractivity contribution in [2.75, 3.05) is 11.9 Å². The van der Waals surface area contributed by atoms with Gasteiger partial charge in [-0.3, -0.25) is 0 Å². The second-order valence-corrected chi connectivity index (χ2v) is 9.95. The van der Waals surface area contributed by atoms with Gasteiger partial charge in [-0.2, -0.15) is 0 Å². The van der Waals surface area contributed by atoms with Gasteiger partial charge in [-0.1, -0.05) is 0 Å². The zero-order chi connectivity index (χ0) is 24.0. The van der Waals surface area contributed by atoms with Crippen LogP contribution in [-0.4, -0.2) is 59.6 Å². The second kappa shape index (κ2) is 8.11. The maximum absolute atomic E-state index is 11.0. The minimum Gasteiger partial charge on any atom is -0.507 e. The van der Waals surface area contributed by atoms with E-state index in [9.17, 15) is 10.0 Å². The number of rotatable bonds is 5. The van der Waals surface area contributed by atoms with E-state index in [0.29, 0.717) is 28.7 Å². The maximum atomic E-state index is 11.0. The number of hydrogen-bond donors (Lipinski definition) is 4. The Balaban J connectivity index is 1.53. The zero-order valence-corrected chi connectivity index (χ0v) is 19.5. The lowest BCUT2D eigenvalue weighted by Crippen LogP contribution is -2.62. The smallest absolute Gasteiger partial charge is 0.426 e. The van der Waals surface area contributed by atoms with Crippen molar-refractivity contribution in [2.24, 2.45) is 0 Å². The molecule has 1 aliphatic rings. The van der Waals surface area contributed by atoms with Gasteiger partial charge in [0, 0.05) is 35.3 Å². The van der Waals surface area contributed by atoms with Crippen LogP contribution in [0.15, 0.2) is 36.5 Å². The summed E-state index contributed by atoms with van der Waals surface area (Å²) in [5.74, 6) is 0.964. The number of aromatic amines is 1. The van der Waals surface area contributed by atoms with E-state index in [2.05, 4.69) is 58.1 Å². The molecule has 3 heterocycles. The molecular formula is C23H30N7O3+. The van der Waals surface area contributed by atoms with E-state index in [1.807, 2.05) is 19.2 Å². The lowest BCUT2D eigenvalue weighted by molar-refractivity contribution is -0.732. The molecule has 174 valence electrons. The molecule has 0 radical (unpaired) electrons. The predicted molar refractivity (Wildman–Crippen MR) is 125 cm³/mol. The topological polar surface area (TPSA) is 130 Å². The van der Waals surface area contributed by atoms with Crippen LogP contribution in [0.3, 0.4) is 0 Å². The summed E-state index contributed by atoms with van der Waals surface area (Å²) in [7, 11) is 2.05. The quantitative estimate of drug-likeness (QED) is 0.430. The number of aromatic nitrogens is 4. The molecule has 0 bridgehead atoms. The number of benzene rings is 1. The molecular weight excluding hydrogens is 422 g/mol. The first kappa shape index (κ1) is 22.7. The van der Waals surface area contributed by atoms with Crippen LogP contribution in [-0.2, 0) is 0 Å². The first-order valence-electron chi connectivity index (χ1n) is 10.9. The fourth-order valence-corrected chi connectivity index (χ4v) is 4.84. The van der Waals surface area contributed by atoms with Crippen molar-refractivity contribution in [1.29, 1.82) is 0 Å². The summed E-state index contributed by atoms with van der Waals surface area (Å²) in [5, 5.41) is 32.0. The molecule has 2 aromatic heterocycles. The standard InChI is InChI=1S/C23H29N7O3/c1-22(2)11-15(12-23(3,4)28-22)29(5)19-9-8-17(26-27-19)16-7-6-14(10-18(16)31)21-24-13-20(25-21)30(32)33/h6-10,13,15,28H,11-12H2,1-5H3,(H2-,24,25,26,31,32,33)/p+1. The van der Waals surface area contributed by atoms with Crippen molar-refractivity contribution in [1.82, 2.24) is 25.5 Å². The summed E-state index contributed by atoms with van der Waals surface area (Å²) in [4.78, 5) is 19.6. The van der Waals surface area contributed by atoms with Crippen LogP contribution < -0.4 is 10.2 Å². The molecule has 10 heteroatoms. The molecule has 0 unspecified atom stereocenters. The Hall–Kier alpha value is -3.53. The molecule has 0 spiro atoms. The van der Waals surface area contributed by atoms with Crippen molar-refractivity contribution >= 4 is 11.6 Å². The van der Waals surface area contributed by atoms with Crippen LogP contribution in [0.1, 0.15) is 40.5 Å². The van der Waals surface area contributed by atoms with Gasteiger partial charge in [-0.05, 0) is 80.8 Å². The third-order valence-electron chi connectivity index (χ3n) is 6.04. The Morgan fingerprint density at radius 2 is 1.79 bits per heavy atom. The second-order valence-electron chi connectivity index (χ2n) is 9.95. The number of nitrogens with one attached hydrogen (secondary N) is 2. The highest BCUT2D eigenvalue weighted by Crippen LogP contribution is 2.34. The van der Waals surface area contributed by atoms with Crippen LogP contribution in [0, 0.1) is 4.91 Å². The molecule has 1 aliphatic heterocycles. The maximum Gasteiger partial charge on any atom is 0.426 e. The molecule has 0 aliphatic carbocycles. The van der Waals surface area contributed by atoms with Crippen LogP contribution in [0.25, 0.3) is 22.6 Å². The van der Waals surface area contributed by atoms with Gasteiger partial charge in [0.05, 0.1) is 5.69 Å². The van der Waals surface area contributed by atoms with Crippen molar-refractivity contribution < 1.29 is 15.2 Å². The molecule has 1 fully saturated rings. The van der Waals surface area contributed by atoms with Crippen molar-refractivity contribution in [3.63, 3.8) is 0 Å². The number of nitrogens with zero attached hydrogens (tertiary/aromatic N) is 5. The minimum atomic E-state index is -0.325. The van der Waals surface area contributed by atoms with Gasteiger partial charge < -0.3 is 25.5 Å². The Kier molecular flexibility index (Phi) is 5.57. The van der Waals surface area contributed by atoms with Gasteiger partial charge in [-0.15, -0.1) is 10.2 Å². The molecule has 4 rings (SSSR count). The first-order valence-corrected chi connectivity index (χ1v) is 10.9. The summed E-state index contributed by atoms with van der Waals surface area (Å²) >= 11 is 0. The van der Waals surface area contributed by atoms with E-state index in [1.165, 1.54) is 12.3 Å². The van der Waals surface area contributed by atoms with Crippen LogP contribution in [0.2, 0.25) is 0 Å². The van der Waals surface area contributed by atoms with Gasteiger partial charge in [0.2, 0.25) is 0 Å². The average molecular weight is 453 g/mol. The lowest BCUT2D eigenvalue weighted by atomic mass is 9.79. The number of phenols is 1. The fourth-order valence-electron chi connectivity index (χ4n) is 4.84. The molecule has 33 heavy (non-hydrogen) atoms. The predicted octanol–water partition coefficient (Wildman–Crippen LogP) is 3.78. The van der Waals surface area contributed by atoms with E-state index in [-0.39, 0.29) is 27.6 Å². The summed E-state index contributed by atoms with van der Waals surface area (Å²) in [5.41, 5.74) is 1.69. The molecule has 1 aromatic carbocycles. The van der Waals surface area contributed by atoms with Gasteiger partial charge in [0.15, 0.2) is 10.7 Å². The molecule has 0 amide bonds. The lowest BCUT2D eigenvalue weighted by Gasteiger charge is -2.49. The van der Waals surface area contributed by atoms with E-state index >= 15 is 0 Å². The first-order chi connectivity index (χ1) is 15.4. The number of hydrogen-bond acceptors (Lipinski definition) is 7. The Morgan fingerprint density at radius 1 is 1.09 bits per heavy atom. The number of imidazole rings is 1. The van der Waals surface area contributed by atoms with Gasteiger partial charge in [-0.25, -0.2) is 0 Å². The Morgan fingerprint density at radius 3 is 2.33 bits per heavy atom. The largest absolute Gasteiger partial charge is 0.507 e. The van der Waals surface area contributed by atoms with Gasteiger partial charge >= 0.3 is 5.82 Å². The number of piperidine rings is 1. The normalized spacial score (nSPS) is 17.6. The molecule has 0 saturated carbocycles. The highest BCUT2D eigenvalue weighted by atomic mass is 16.6. The number of aromatic hydroxyl groups is 1. The molecule has 10 nitrogen and oxygen atoms in total. The third-order valence-corrected chi connectivity index (χ3v) is 6.04. The minimum absolute atomic E-state index is 0.00527. The summed E-state index contributed by atoms with van der Waals surface area (Å²) in [6, 6.07) is 9.06. The molecule has 0 atom stereocenters.